The number of hydrogen-bond acceptors (Lipinski definition) is 4. The lowest BCUT2D eigenvalue weighted by atomic mass is 10.2. The summed E-state index contributed by atoms with van der Waals surface area (Å²) in [7, 11) is 0. The first-order chi connectivity index (χ1) is 13.4. The van der Waals surface area contributed by atoms with Crippen molar-refractivity contribution in [2.24, 2.45) is 0 Å². The normalized spacial score (nSPS) is 15.4. The van der Waals surface area contributed by atoms with Crippen LogP contribution < -0.4 is 4.74 Å². The largest absolute Gasteiger partial charge is 0.487 e. The highest BCUT2D eigenvalue weighted by Crippen LogP contribution is 2.35. The van der Waals surface area contributed by atoms with Crippen LogP contribution in [0.1, 0.15) is 11.1 Å². The number of carbonyl (C=O) groups excluding carboxylic acids is 2. The maximum Gasteiger partial charge on any atom is 0.293 e. The first kappa shape index (κ1) is 21.8. The average Bonchev–Trinajstić information content (AvgIpc) is 2.90. The summed E-state index contributed by atoms with van der Waals surface area (Å²) < 4.78 is 8.92. The van der Waals surface area contributed by atoms with Crippen LogP contribution in [0.15, 0.2) is 58.4 Å². The second-order valence-corrected chi connectivity index (χ2v) is 10.0. The molecule has 2 aromatic rings. The third-order valence-electron chi connectivity index (χ3n) is 3.80. The minimum atomic E-state index is -0.282. The molecule has 3 rings (SSSR count). The zero-order valence-electron chi connectivity index (χ0n) is 14.5. The third kappa shape index (κ3) is 5.19. The van der Waals surface area contributed by atoms with Crippen LogP contribution in [-0.4, -0.2) is 22.6 Å². The molecule has 1 fully saturated rings. The molecule has 0 saturated carbocycles. The molecule has 0 N–H and O–H groups in total. The van der Waals surface area contributed by atoms with Crippen molar-refractivity contribution >= 4 is 90.1 Å². The Bertz CT molecular complexity index is 953. The molecule has 0 aromatic heterocycles. The van der Waals surface area contributed by atoms with Crippen molar-refractivity contribution < 1.29 is 14.3 Å². The van der Waals surface area contributed by atoms with Gasteiger partial charge in [0, 0.05) is 11.0 Å². The Morgan fingerprint density at radius 3 is 2.39 bits per heavy atom. The number of benzene rings is 2. The number of halogens is 3. The third-order valence-corrected chi connectivity index (χ3v) is 6.84. The van der Waals surface area contributed by atoms with E-state index in [4.69, 9.17) is 4.74 Å². The predicted molar refractivity (Wildman–Crippen MR) is 133 cm³/mol. The van der Waals surface area contributed by atoms with E-state index in [1.165, 1.54) is 4.90 Å². The second kappa shape index (κ2) is 9.77. The molecule has 4 nitrogen and oxygen atoms in total. The standard InChI is InChI=1S/C20H14BrI2NO3S/c1-2-7-24-19(25)17(28-20(24)26)10-13-8-15(22)18(16(23)9-13)27-11-12-3-5-14(21)6-4-12/h2-6,8-10H,1,7,11H2/b17-10+. The molecule has 1 aliphatic rings. The smallest absolute Gasteiger partial charge is 0.293 e. The molecular formula is C20H14BrI2NO3S. The molecule has 1 saturated heterocycles. The number of amides is 2. The van der Waals surface area contributed by atoms with Gasteiger partial charge in [-0.25, -0.2) is 0 Å². The number of ether oxygens (including phenoxy) is 1. The molecule has 1 heterocycles. The van der Waals surface area contributed by atoms with E-state index in [1.54, 1.807) is 12.2 Å². The summed E-state index contributed by atoms with van der Waals surface area (Å²) in [4.78, 5) is 25.9. The molecule has 0 atom stereocenters. The van der Waals surface area contributed by atoms with E-state index >= 15 is 0 Å². The quantitative estimate of drug-likeness (QED) is 0.200. The van der Waals surface area contributed by atoms with Crippen LogP contribution in [0, 0.1) is 7.14 Å². The van der Waals surface area contributed by atoms with Gasteiger partial charge in [0.2, 0.25) is 0 Å². The average molecular weight is 682 g/mol. The van der Waals surface area contributed by atoms with Gasteiger partial charge in [-0.15, -0.1) is 6.58 Å². The lowest BCUT2D eigenvalue weighted by Gasteiger charge is -2.12. The first-order valence-electron chi connectivity index (χ1n) is 8.11. The van der Waals surface area contributed by atoms with Crippen LogP contribution in [0.25, 0.3) is 6.08 Å². The molecule has 1 aliphatic heterocycles. The summed E-state index contributed by atoms with van der Waals surface area (Å²) in [5.74, 6) is 0.525. The van der Waals surface area contributed by atoms with E-state index in [-0.39, 0.29) is 17.7 Å². The lowest BCUT2D eigenvalue weighted by molar-refractivity contribution is -0.122. The van der Waals surface area contributed by atoms with Gasteiger partial charge in [-0.2, -0.15) is 0 Å². The number of nitrogens with zero attached hydrogens (tertiary/aromatic N) is 1. The Morgan fingerprint density at radius 1 is 1.14 bits per heavy atom. The SMILES string of the molecule is C=CCN1C(=O)S/C(=C/c2cc(I)c(OCc3ccc(Br)cc3)c(I)c2)C1=O. The van der Waals surface area contributed by atoms with Gasteiger partial charge in [0.25, 0.3) is 11.1 Å². The minimum Gasteiger partial charge on any atom is -0.487 e. The van der Waals surface area contributed by atoms with Crippen molar-refractivity contribution in [3.8, 4) is 5.75 Å². The highest BCUT2D eigenvalue weighted by atomic mass is 127. The van der Waals surface area contributed by atoms with Gasteiger partial charge in [0.15, 0.2) is 0 Å². The summed E-state index contributed by atoms with van der Waals surface area (Å²) in [5.41, 5.74) is 1.93. The topological polar surface area (TPSA) is 46.6 Å². The predicted octanol–water partition coefficient (Wildman–Crippen LogP) is 6.46. The van der Waals surface area contributed by atoms with Gasteiger partial charge in [0.05, 0.1) is 12.0 Å². The molecule has 28 heavy (non-hydrogen) atoms. The fraction of sp³-hybridized carbons (Fsp3) is 0.100. The Balaban J connectivity index is 1.78. The molecule has 0 aliphatic carbocycles. The van der Waals surface area contributed by atoms with Crippen molar-refractivity contribution in [3.05, 3.63) is 76.7 Å². The van der Waals surface area contributed by atoms with Gasteiger partial charge in [-0.1, -0.05) is 34.1 Å². The van der Waals surface area contributed by atoms with E-state index in [0.717, 1.165) is 40.3 Å². The van der Waals surface area contributed by atoms with Crippen molar-refractivity contribution in [1.29, 1.82) is 0 Å². The van der Waals surface area contributed by atoms with Crippen LogP contribution in [0.3, 0.4) is 0 Å². The molecule has 2 amide bonds. The zero-order valence-corrected chi connectivity index (χ0v) is 21.2. The highest BCUT2D eigenvalue weighted by molar-refractivity contribution is 14.1. The van der Waals surface area contributed by atoms with Gasteiger partial charge >= 0.3 is 0 Å². The number of thioether (sulfide) groups is 1. The molecule has 0 radical (unpaired) electrons. The van der Waals surface area contributed by atoms with E-state index in [2.05, 4.69) is 67.7 Å². The fourth-order valence-electron chi connectivity index (χ4n) is 2.47. The second-order valence-electron chi connectivity index (χ2n) is 5.81. The monoisotopic (exact) mass is 681 g/mol. The zero-order chi connectivity index (χ0) is 20.3. The summed E-state index contributed by atoms with van der Waals surface area (Å²) >= 11 is 8.83. The van der Waals surface area contributed by atoms with Gasteiger partial charge in [-0.3, -0.25) is 14.5 Å². The Hall–Kier alpha value is -0.850. The number of hydrogen-bond donors (Lipinski definition) is 0. The van der Waals surface area contributed by atoms with Crippen molar-refractivity contribution in [3.63, 3.8) is 0 Å². The van der Waals surface area contributed by atoms with Crippen molar-refractivity contribution in [2.75, 3.05) is 6.54 Å². The molecule has 8 heteroatoms. The van der Waals surface area contributed by atoms with Gasteiger partial charge in [0.1, 0.15) is 12.4 Å². The lowest BCUT2D eigenvalue weighted by Crippen LogP contribution is -2.27. The van der Waals surface area contributed by atoms with Crippen LogP contribution in [0.5, 0.6) is 5.75 Å². The Kier molecular flexibility index (Phi) is 7.62. The minimum absolute atomic E-state index is 0.222. The van der Waals surface area contributed by atoms with Crippen molar-refractivity contribution in [1.82, 2.24) is 4.90 Å². The number of rotatable bonds is 6. The van der Waals surface area contributed by atoms with E-state index in [0.29, 0.717) is 11.5 Å². The first-order valence-corrected chi connectivity index (χ1v) is 11.9. The Morgan fingerprint density at radius 2 is 1.79 bits per heavy atom. The van der Waals surface area contributed by atoms with Crippen LogP contribution >= 0.6 is 72.9 Å². The van der Waals surface area contributed by atoms with Gasteiger partial charge < -0.3 is 4.74 Å². The van der Waals surface area contributed by atoms with Crippen LogP contribution in [-0.2, 0) is 11.4 Å². The number of carbonyl (C=O) groups is 2. The van der Waals surface area contributed by atoms with Crippen LogP contribution in [0.4, 0.5) is 4.79 Å². The highest BCUT2D eigenvalue weighted by Gasteiger charge is 2.34. The molecule has 144 valence electrons. The molecular weight excluding hydrogens is 668 g/mol. The molecule has 0 bridgehead atoms. The summed E-state index contributed by atoms with van der Waals surface area (Å²) in [6.07, 6.45) is 3.29. The summed E-state index contributed by atoms with van der Waals surface area (Å²) in [6.45, 7) is 4.28. The maximum absolute atomic E-state index is 12.4. The van der Waals surface area contributed by atoms with E-state index in [9.17, 15) is 9.59 Å². The maximum atomic E-state index is 12.4. The van der Waals surface area contributed by atoms with E-state index < -0.39 is 0 Å². The molecule has 0 unspecified atom stereocenters. The van der Waals surface area contributed by atoms with Crippen LogP contribution in [0.2, 0.25) is 0 Å². The van der Waals surface area contributed by atoms with E-state index in [1.807, 2.05) is 36.4 Å². The molecule has 2 aromatic carbocycles. The molecule has 0 spiro atoms. The fourth-order valence-corrected chi connectivity index (χ4v) is 5.72. The Labute approximate surface area is 203 Å². The summed E-state index contributed by atoms with van der Waals surface area (Å²) in [5, 5.41) is -0.269. The van der Waals surface area contributed by atoms with Crippen molar-refractivity contribution in [2.45, 2.75) is 6.61 Å². The van der Waals surface area contributed by atoms with Gasteiger partial charge in [-0.05, 0) is 98.4 Å². The summed E-state index contributed by atoms with van der Waals surface area (Å²) in [6, 6.07) is 11.9. The number of imide groups is 1.